The SMILES string of the molecule is CC1(C)CC(=O)CC(=O)C1.COC(=O)c1ccc(N)c(N)c1.COC(=O)c1ccc(N)c(NC2=CC(=O)CC(C)(C)C2)c1.COC(=O)c1ccc(NC2=CC(=O)CC(C)(C)C2)c(N)c1. The molecule has 16 heteroatoms. The van der Waals surface area contributed by atoms with Crippen molar-refractivity contribution in [1.82, 2.24) is 0 Å². The summed E-state index contributed by atoms with van der Waals surface area (Å²) in [6.45, 7) is 12.1. The molecule has 0 aliphatic heterocycles. The van der Waals surface area contributed by atoms with E-state index in [1.165, 1.54) is 27.4 Å². The quantitative estimate of drug-likeness (QED) is 0.0581. The Labute approximate surface area is 374 Å². The summed E-state index contributed by atoms with van der Waals surface area (Å²) in [6, 6.07) is 14.4. The zero-order valence-corrected chi connectivity index (χ0v) is 38.2. The van der Waals surface area contributed by atoms with E-state index in [1.54, 1.807) is 60.7 Å². The number of benzene rings is 3. The molecule has 0 heterocycles. The molecule has 6 rings (SSSR count). The number of nitrogens with one attached hydrogen (secondary N) is 2. The molecule has 0 aromatic heterocycles. The van der Waals surface area contributed by atoms with Crippen LogP contribution in [-0.4, -0.2) is 62.4 Å². The van der Waals surface area contributed by atoms with Crippen LogP contribution in [0.3, 0.4) is 0 Å². The van der Waals surface area contributed by atoms with Gasteiger partial charge < -0.3 is 47.8 Å². The Bertz CT molecular complexity index is 2330. The van der Waals surface area contributed by atoms with Crippen molar-refractivity contribution in [3.05, 3.63) is 94.8 Å². The minimum Gasteiger partial charge on any atom is -0.465 e. The van der Waals surface area contributed by atoms with E-state index in [0.29, 0.717) is 76.5 Å². The van der Waals surface area contributed by atoms with Gasteiger partial charge in [0.2, 0.25) is 0 Å². The van der Waals surface area contributed by atoms with E-state index in [9.17, 15) is 33.6 Å². The van der Waals surface area contributed by atoms with Crippen molar-refractivity contribution in [2.45, 2.75) is 86.5 Å². The monoisotopic (exact) mass is 882 g/mol. The molecule has 3 aromatic rings. The van der Waals surface area contributed by atoms with Crippen LogP contribution >= 0.6 is 0 Å². The minimum absolute atomic E-state index is 0.0606. The second kappa shape index (κ2) is 21.9. The summed E-state index contributed by atoms with van der Waals surface area (Å²) in [7, 11) is 3.97. The first kappa shape index (κ1) is 51.4. The molecular formula is C48H62N6O10. The second-order valence-corrected chi connectivity index (χ2v) is 18.3. The zero-order chi connectivity index (χ0) is 48.2. The molecule has 0 spiro atoms. The molecule has 10 N–H and O–H groups in total. The first-order chi connectivity index (χ1) is 29.7. The van der Waals surface area contributed by atoms with Crippen LogP contribution in [0.4, 0.5) is 34.1 Å². The molecule has 0 bridgehead atoms. The van der Waals surface area contributed by atoms with Crippen molar-refractivity contribution in [1.29, 1.82) is 0 Å². The van der Waals surface area contributed by atoms with Crippen LogP contribution in [0.5, 0.6) is 0 Å². The molecule has 3 aliphatic carbocycles. The van der Waals surface area contributed by atoms with Crippen LogP contribution in [0.1, 0.15) is 118 Å². The highest BCUT2D eigenvalue weighted by atomic mass is 16.5. The molecule has 0 atom stereocenters. The number of ketones is 4. The fourth-order valence-electron chi connectivity index (χ4n) is 7.32. The summed E-state index contributed by atoms with van der Waals surface area (Å²) in [4.78, 5) is 79.2. The van der Waals surface area contributed by atoms with Gasteiger partial charge in [-0.2, -0.15) is 0 Å². The summed E-state index contributed by atoms with van der Waals surface area (Å²) < 4.78 is 13.8. The van der Waals surface area contributed by atoms with Gasteiger partial charge in [0.1, 0.15) is 11.6 Å². The van der Waals surface area contributed by atoms with E-state index < -0.39 is 17.9 Å². The van der Waals surface area contributed by atoms with Crippen molar-refractivity contribution in [2.24, 2.45) is 16.2 Å². The predicted molar refractivity (Wildman–Crippen MR) is 248 cm³/mol. The molecular weight excluding hydrogens is 821 g/mol. The summed E-state index contributed by atoms with van der Waals surface area (Å²) in [5.41, 5.74) is 28.5. The molecule has 344 valence electrons. The number of methoxy groups -OCH3 is 3. The van der Waals surface area contributed by atoms with E-state index in [-0.39, 0.29) is 45.8 Å². The van der Waals surface area contributed by atoms with Gasteiger partial charge in [-0.3, -0.25) is 19.2 Å². The third-order valence-electron chi connectivity index (χ3n) is 10.1. The average Bonchev–Trinajstić information content (AvgIpc) is 3.18. The highest BCUT2D eigenvalue weighted by Gasteiger charge is 2.31. The maximum absolute atomic E-state index is 11.8. The van der Waals surface area contributed by atoms with Crippen LogP contribution in [0.25, 0.3) is 0 Å². The van der Waals surface area contributed by atoms with Crippen molar-refractivity contribution >= 4 is 75.2 Å². The maximum Gasteiger partial charge on any atom is 0.337 e. The third-order valence-corrected chi connectivity index (χ3v) is 10.1. The molecule has 1 saturated carbocycles. The number of nitrogens with two attached hydrogens (primary N) is 4. The largest absolute Gasteiger partial charge is 0.465 e. The number of esters is 3. The van der Waals surface area contributed by atoms with Crippen LogP contribution in [-0.2, 0) is 33.4 Å². The average molecular weight is 883 g/mol. The summed E-state index contributed by atoms with van der Waals surface area (Å²) >= 11 is 0. The lowest BCUT2D eigenvalue weighted by Crippen LogP contribution is -2.28. The van der Waals surface area contributed by atoms with Crippen LogP contribution in [0.15, 0.2) is 78.1 Å². The number of ether oxygens (including phenoxy) is 3. The van der Waals surface area contributed by atoms with Crippen LogP contribution in [0, 0.1) is 16.2 Å². The van der Waals surface area contributed by atoms with E-state index >= 15 is 0 Å². The van der Waals surface area contributed by atoms with Gasteiger partial charge in [-0.1, -0.05) is 41.5 Å². The number of hydrogen-bond donors (Lipinski definition) is 6. The van der Waals surface area contributed by atoms with Crippen molar-refractivity contribution in [2.75, 3.05) is 54.9 Å². The third kappa shape index (κ3) is 16.1. The van der Waals surface area contributed by atoms with Gasteiger partial charge in [0, 0.05) is 49.2 Å². The van der Waals surface area contributed by atoms with Crippen LogP contribution in [0.2, 0.25) is 0 Å². The number of nitrogen functional groups attached to an aromatic ring is 4. The molecule has 3 aliphatic rings. The van der Waals surface area contributed by atoms with E-state index in [0.717, 1.165) is 24.2 Å². The molecule has 3 aromatic carbocycles. The Morgan fingerprint density at radius 2 is 0.844 bits per heavy atom. The highest BCUT2D eigenvalue weighted by molar-refractivity contribution is 6.02. The fraction of sp³-hybridized carbons (Fsp3) is 0.396. The second-order valence-electron chi connectivity index (χ2n) is 18.3. The highest BCUT2D eigenvalue weighted by Crippen LogP contribution is 2.36. The number of rotatable bonds is 7. The zero-order valence-electron chi connectivity index (χ0n) is 38.2. The first-order valence-corrected chi connectivity index (χ1v) is 20.5. The number of carbonyl (C=O) groups excluding carboxylic acids is 7. The maximum atomic E-state index is 11.8. The first-order valence-electron chi connectivity index (χ1n) is 20.5. The van der Waals surface area contributed by atoms with Gasteiger partial charge in [0.15, 0.2) is 11.6 Å². The van der Waals surface area contributed by atoms with Crippen molar-refractivity contribution < 1.29 is 47.8 Å². The standard InChI is InChI=1S/2C16H20N2O3.C8H10N2O2.C8H12O2/c1-16(2)8-11(7-12(19)9-16)18-14-5-4-10(6-13(14)17)15(20)21-3;1-16(2)8-11(7-12(19)9-16)18-14-6-10(15(20)21-3)4-5-13(14)17;1-12-8(11)5-2-3-6(9)7(10)4-5;1-8(2)4-6(9)3-7(10)5-8/h2*4-7,18H,8-9,17H2,1-3H3;2-4H,9-10H2,1H3;3-5H2,1-2H3. The van der Waals surface area contributed by atoms with Gasteiger partial charge in [0.25, 0.3) is 0 Å². The molecule has 64 heavy (non-hydrogen) atoms. The smallest absolute Gasteiger partial charge is 0.337 e. The molecule has 0 saturated heterocycles. The van der Waals surface area contributed by atoms with Crippen LogP contribution < -0.4 is 33.6 Å². The molecule has 16 nitrogen and oxygen atoms in total. The minimum atomic E-state index is -0.429. The molecule has 1 fully saturated rings. The fourth-order valence-corrected chi connectivity index (χ4v) is 7.32. The van der Waals surface area contributed by atoms with Gasteiger partial charge in [-0.25, -0.2) is 14.4 Å². The number of carbonyl (C=O) groups is 7. The number of Topliss-reactive ketones (excluding diaryl/α,β-unsaturated/α-hetero) is 2. The Morgan fingerprint density at radius 3 is 1.23 bits per heavy atom. The van der Waals surface area contributed by atoms with Gasteiger partial charge >= 0.3 is 17.9 Å². The van der Waals surface area contributed by atoms with Gasteiger partial charge in [-0.15, -0.1) is 0 Å². The lowest BCUT2D eigenvalue weighted by Gasteiger charge is -2.29. The molecule has 0 unspecified atom stereocenters. The lowest BCUT2D eigenvalue weighted by molar-refractivity contribution is -0.133. The van der Waals surface area contributed by atoms with Crippen molar-refractivity contribution in [3.8, 4) is 0 Å². The Morgan fingerprint density at radius 1 is 0.469 bits per heavy atom. The number of allylic oxidation sites excluding steroid dienone is 4. The summed E-state index contributed by atoms with van der Waals surface area (Å²) in [6.07, 6.45) is 7.15. The Balaban J connectivity index is 0.000000237. The molecule has 0 amide bonds. The number of anilines is 6. The summed E-state index contributed by atoms with van der Waals surface area (Å²) in [5, 5.41) is 6.34. The molecule has 0 radical (unpaired) electrons. The summed E-state index contributed by atoms with van der Waals surface area (Å²) in [5.74, 6) is -0.868. The van der Waals surface area contributed by atoms with Gasteiger partial charge in [-0.05, 0) is 83.7 Å². The lowest BCUT2D eigenvalue weighted by atomic mass is 9.76. The van der Waals surface area contributed by atoms with Crippen molar-refractivity contribution in [3.63, 3.8) is 0 Å². The predicted octanol–water partition coefficient (Wildman–Crippen LogP) is 7.45. The topological polar surface area (TPSA) is 275 Å². The Hall–Kier alpha value is -6.97. The van der Waals surface area contributed by atoms with E-state index in [4.69, 9.17) is 27.7 Å². The van der Waals surface area contributed by atoms with E-state index in [2.05, 4.69) is 34.0 Å². The van der Waals surface area contributed by atoms with E-state index in [1.807, 2.05) is 27.7 Å². The van der Waals surface area contributed by atoms with Gasteiger partial charge in [0.05, 0.1) is 78.6 Å². The normalized spacial score (nSPS) is 16.9. The Kier molecular flexibility index (Phi) is 17.6. The number of hydrogen-bond acceptors (Lipinski definition) is 16.